The number of halogens is 1. The number of aromatic hydroxyl groups is 1. The van der Waals surface area contributed by atoms with Crippen LogP contribution in [0.5, 0.6) is 5.75 Å². The first-order valence-corrected chi connectivity index (χ1v) is 6.13. The molecule has 92 valence electrons. The number of nitrogens with one attached hydrogen (secondary N) is 1. The third kappa shape index (κ3) is 3.07. The number of rotatable bonds is 3. The SMILES string of the molecule is O=C(NCc1ccc(O)cc1)c1cccnc1Br. The molecule has 0 saturated carbocycles. The molecule has 0 radical (unpaired) electrons. The Labute approximate surface area is 113 Å². The Morgan fingerprint density at radius 1 is 1.28 bits per heavy atom. The smallest absolute Gasteiger partial charge is 0.254 e. The lowest BCUT2D eigenvalue weighted by molar-refractivity contribution is 0.0949. The summed E-state index contributed by atoms with van der Waals surface area (Å²) in [4.78, 5) is 15.9. The first-order chi connectivity index (χ1) is 8.66. The van der Waals surface area contributed by atoms with E-state index in [4.69, 9.17) is 5.11 Å². The van der Waals surface area contributed by atoms with E-state index in [1.165, 1.54) is 0 Å². The molecule has 2 rings (SSSR count). The molecule has 1 heterocycles. The van der Waals surface area contributed by atoms with Crippen molar-refractivity contribution in [1.82, 2.24) is 10.3 Å². The normalized spacial score (nSPS) is 10.1. The van der Waals surface area contributed by atoms with Crippen molar-refractivity contribution in [3.63, 3.8) is 0 Å². The Bertz CT molecular complexity index is 555. The average molecular weight is 307 g/mol. The summed E-state index contributed by atoms with van der Waals surface area (Å²) >= 11 is 3.23. The number of phenolic OH excluding ortho intramolecular Hbond substituents is 1. The van der Waals surface area contributed by atoms with Crippen molar-refractivity contribution in [1.29, 1.82) is 0 Å². The highest BCUT2D eigenvalue weighted by Gasteiger charge is 2.09. The van der Waals surface area contributed by atoms with E-state index in [0.29, 0.717) is 16.7 Å². The average Bonchev–Trinajstić information content (AvgIpc) is 2.38. The lowest BCUT2D eigenvalue weighted by Crippen LogP contribution is -2.23. The van der Waals surface area contributed by atoms with Gasteiger partial charge in [0, 0.05) is 12.7 Å². The van der Waals surface area contributed by atoms with Crippen LogP contribution in [0.25, 0.3) is 0 Å². The standard InChI is InChI=1S/C13H11BrN2O2/c14-12-11(2-1-7-15-12)13(18)16-8-9-3-5-10(17)6-4-9/h1-7,17H,8H2,(H,16,18). The number of carbonyl (C=O) groups is 1. The van der Waals surface area contributed by atoms with Crippen molar-refractivity contribution in [2.75, 3.05) is 0 Å². The molecule has 0 fully saturated rings. The quantitative estimate of drug-likeness (QED) is 0.856. The van der Waals surface area contributed by atoms with E-state index < -0.39 is 0 Å². The summed E-state index contributed by atoms with van der Waals surface area (Å²) in [6, 6.07) is 10.1. The molecule has 2 N–H and O–H groups in total. The van der Waals surface area contributed by atoms with Gasteiger partial charge in [-0.3, -0.25) is 4.79 Å². The number of carbonyl (C=O) groups excluding carboxylic acids is 1. The largest absolute Gasteiger partial charge is 0.508 e. The van der Waals surface area contributed by atoms with Crippen LogP contribution < -0.4 is 5.32 Å². The van der Waals surface area contributed by atoms with Crippen LogP contribution in [-0.2, 0) is 6.54 Å². The number of hydrogen-bond donors (Lipinski definition) is 2. The van der Waals surface area contributed by atoms with E-state index in [1.807, 2.05) is 0 Å². The third-order valence-corrected chi connectivity index (χ3v) is 3.03. The highest BCUT2D eigenvalue weighted by molar-refractivity contribution is 9.10. The van der Waals surface area contributed by atoms with E-state index in [1.54, 1.807) is 42.6 Å². The molecule has 0 saturated heterocycles. The maximum Gasteiger partial charge on any atom is 0.254 e. The highest BCUT2D eigenvalue weighted by atomic mass is 79.9. The number of benzene rings is 1. The summed E-state index contributed by atoms with van der Waals surface area (Å²) in [7, 11) is 0. The van der Waals surface area contributed by atoms with Gasteiger partial charge in [-0.2, -0.15) is 0 Å². The zero-order chi connectivity index (χ0) is 13.0. The van der Waals surface area contributed by atoms with Crippen molar-refractivity contribution < 1.29 is 9.90 Å². The molecular formula is C13H11BrN2O2. The number of aromatic nitrogens is 1. The van der Waals surface area contributed by atoms with Crippen LogP contribution in [0.2, 0.25) is 0 Å². The monoisotopic (exact) mass is 306 g/mol. The summed E-state index contributed by atoms with van der Waals surface area (Å²) in [6.45, 7) is 0.403. The molecule has 1 aromatic heterocycles. The molecule has 0 aliphatic rings. The van der Waals surface area contributed by atoms with Crippen molar-refractivity contribution in [3.8, 4) is 5.75 Å². The molecule has 0 bridgehead atoms. The second-order valence-electron chi connectivity index (χ2n) is 3.69. The summed E-state index contributed by atoms with van der Waals surface area (Å²) in [5.41, 5.74) is 1.41. The van der Waals surface area contributed by atoms with E-state index in [0.717, 1.165) is 5.56 Å². The maximum atomic E-state index is 11.9. The first kappa shape index (κ1) is 12.6. The summed E-state index contributed by atoms with van der Waals surface area (Å²) in [5, 5.41) is 11.9. The molecule has 0 spiro atoms. The number of amides is 1. The number of pyridine rings is 1. The van der Waals surface area contributed by atoms with Crippen LogP contribution in [-0.4, -0.2) is 16.0 Å². The predicted octanol–water partition coefficient (Wildman–Crippen LogP) is 2.48. The minimum Gasteiger partial charge on any atom is -0.508 e. The summed E-state index contributed by atoms with van der Waals surface area (Å²) in [6.07, 6.45) is 1.61. The highest BCUT2D eigenvalue weighted by Crippen LogP contribution is 2.13. The molecule has 4 nitrogen and oxygen atoms in total. The number of nitrogens with zero attached hydrogens (tertiary/aromatic N) is 1. The fourth-order valence-electron chi connectivity index (χ4n) is 1.45. The molecule has 1 amide bonds. The Balaban J connectivity index is 2.01. The molecule has 0 aliphatic heterocycles. The molecule has 18 heavy (non-hydrogen) atoms. The molecule has 1 aromatic carbocycles. The van der Waals surface area contributed by atoms with Crippen LogP contribution in [0.4, 0.5) is 0 Å². The third-order valence-electron chi connectivity index (χ3n) is 2.39. The minimum atomic E-state index is -0.192. The van der Waals surface area contributed by atoms with E-state index in [2.05, 4.69) is 26.2 Å². The fraction of sp³-hybridized carbons (Fsp3) is 0.0769. The first-order valence-electron chi connectivity index (χ1n) is 5.33. The summed E-state index contributed by atoms with van der Waals surface area (Å²) in [5.74, 6) is 0.0168. The van der Waals surface area contributed by atoms with Crippen molar-refractivity contribution in [2.24, 2.45) is 0 Å². The van der Waals surface area contributed by atoms with E-state index >= 15 is 0 Å². The Kier molecular flexibility index (Phi) is 3.94. The van der Waals surface area contributed by atoms with Crippen molar-refractivity contribution in [2.45, 2.75) is 6.54 Å². The van der Waals surface area contributed by atoms with Crippen LogP contribution in [0.1, 0.15) is 15.9 Å². The molecule has 2 aromatic rings. The minimum absolute atomic E-state index is 0.192. The summed E-state index contributed by atoms with van der Waals surface area (Å²) < 4.78 is 0.521. The van der Waals surface area contributed by atoms with Crippen LogP contribution in [0.3, 0.4) is 0 Å². The number of phenols is 1. The fourth-order valence-corrected chi connectivity index (χ4v) is 1.88. The van der Waals surface area contributed by atoms with Gasteiger partial charge in [-0.05, 0) is 45.8 Å². The van der Waals surface area contributed by atoms with Crippen LogP contribution in [0.15, 0.2) is 47.2 Å². The van der Waals surface area contributed by atoms with E-state index in [9.17, 15) is 4.79 Å². The second kappa shape index (κ2) is 5.64. The zero-order valence-electron chi connectivity index (χ0n) is 9.43. The predicted molar refractivity (Wildman–Crippen MR) is 71.2 cm³/mol. The number of hydrogen-bond acceptors (Lipinski definition) is 3. The second-order valence-corrected chi connectivity index (χ2v) is 4.44. The molecule has 0 atom stereocenters. The van der Waals surface area contributed by atoms with Crippen molar-refractivity contribution in [3.05, 3.63) is 58.3 Å². The van der Waals surface area contributed by atoms with Gasteiger partial charge in [-0.1, -0.05) is 12.1 Å². The van der Waals surface area contributed by atoms with E-state index in [-0.39, 0.29) is 11.7 Å². The van der Waals surface area contributed by atoms with Gasteiger partial charge < -0.3 is 10.4 Å². The van der Waals surface area contributed by atoms with Gasteiger partial charge in [-0.25, -0.2) is 4.98 Å². The van der Waals surface area contributed by atoms with Crippen LogP contribution in [0, 0.1) is 0 Å². The van der Waals surface area contributed by atoms with Gasteiger partial charge in [0.1, 0.15) is 10.4 Å². The van der Waals surface area contributed by atoms with Gasteiger partial charge in [-0.15, -0.1) is 0 Å². The van der Waals surface area contributed by atoms with Gasteiger partial charge in [0.05, 0.1) is 5.56 Å². The van der Waals surface area contributed by atoms with Gasteiger partial charge >= 0.3 is 0 Å². The van der Waals surface area contributed by atoms with Crippen molar-refractivity contribution >= 4 is 21.8 Å². The van der Waals surface area contributed by atoms with Gasteiger partial charge in [0.2, 0.25) is 0 Å². The molecule has 0 aliphatic carbocycles. The zero-order valence-corrected chi connectivity index (χ0v) is 11.0. The Morgan fingerprint density at radius 2 is 2.00 bits per heavy atom. The van der Waals surface area contributed by atoms with Gasteiger partial charge in [0.15, 0.2) is 0 Å². The van der Waals surface area contributed by atoms with Crippen LogP contribution >= 0.6 is 15.9 Å². The van der Waals surface area contributed by atoms with Gasteiger partial charge in [0.25, 0.3) is 5.91 Å². The molecule has 0 unspecified atom stereocenters. The lowest BCUT2D eigenvalue weighted by atomic mass is 10.2. The lowest BCUT2D eigenvalue weighted by Gasteiger charge is -2.06. The Morgan fingerprint density at radius 3 is 2.67 bits per heavy atom. The molecular weight excluding hydrogens is 296 g/mol. The Hall–Kier alpha value is -1.88. The molecule has 5 heteroatoms. The maximum absolute atomic E-state index is 11.9. The topological polar surface area (TPSA) is 62.2 Å².